The monoisotopic (exact) mass is 357 g/mol. The fourth-order valence-corrected chi connectivity index (χ4v) is 2.20. The maximum Gasteiger partial charge on any atom is 0.311 e. The van der Waals surface area contributed by atoms with Crippen LogP contribution in [-0.2, 0) is 9.59 Å². The first-order chi connectivity index (χ1) is 12.3. The second kappa shape index (κ2) is 8.11. The summed E-state index contributed by atoms with van der Waals surface area (Å²) in [5.74, 6) is -0.611. The molecule has 0 aromatic heterocycles. The van der Waals surface area contributed by atoms with Gasteiger partial charge in [-0.15, -0.1) is 0 Å². The molecule has 2 aromatic carbocycles. The van der Waals surface area contributed by atoms with Crippen LogP contribution in [-0.4, -0.2) is 22.8 Å². The molecule has 0 unspecified atom stereocenters. The molecule has 0 bridgehead atoms. The van der Waals surface area contributed by atoms with Crippen LogP contribution in [0.5, 0.6) is 5.75 Å². The number of rotatable bonds is 6. The minimum atomic E-state index is -0.938. The van der Waals surface area contributed by atoms with Gasteiger partial charge in [0, 0.05) is 24.4 Å². The maximum absolute atomic E-state index is 12.3. The Kier molecular flexibility index (Phi) is 5.90. The van der Waals surface area contributed by atoms with E-state index in [1.807, 2.05) is 0 Å². The van der Waals surface area contributed by atoms with Gasteiger partial charge in [0.15, 0.2) is 11.9 Å². The molecule has 0 aliphatic heterocycles. The van der Waals surface area contributed by atoms with E-state index in [9.17, 15) is 19.7 Å². The van der Waals surface area contributed by atoms with Crippen LogP contribution in [0.3, 0.4) is 0 Å². The van der Waals surface area contributed by atoms with E-state index in [4.69, 9.17) is 4.74 Å². The van der Waals surface area contributed by atoms with Crippen molar-refractivity contribution in [3.8, 4) is 5.75 Å². The van der Waals surface area contributed by atoms with Gasteiger partial charge in [-0.1, -0.05) is 6.07 Å². The van der Waals surface area contributed by atoms with Crippen molar-refractivity contribution in [2.75, 3.05) is 10.6 Å². The number of nitro benzene ring substituents is 1. The molecule has 1 atom stereocenters. The van der Waals surface area contributed by atoms with Crippen molar-refractivity contribution in [3.05, 3.63) is 58.1 Å². The van der Waals surface area contributed by atoms with Gasteiger partial charge in [-0.3, -0.25) is 19.7 Å². The van der Waals surface area contributed by atoms with Gasteiger partial charge in [-0.2, -0.15) is 0 Å². The maximum atomic E-state index is 12.3. The van der Waals surface area contributed by atoms with Gasteiger partial charge in [0.2, 0.25) is 5.91 Å². The molecular weight excluding hydrogens is 338 g/mol. The normalized spacial score (nSPS) is 11.3. The summed E-state index contributed by atoms with van der Waals surface area (Å²) in [5, 5.41) is 16.4. The zero-order valence-electron chi connectivity index (χ0n) is 14.6. The van der Waals surface area contributed by atoms with E-state index in [-0.39, 0.29) is 17.3 Å². The predicted molar refractivity (Wildman–Crippen MR) is 97.3 cm³/mol. The number of aryl methyl sites for hydroxylation is 1. The molecule has 0 saturated heterocycles. The fourth-order valence-electron chi connectivity index (χ4n) is 2.20. The number of benzene rings is 2. The molecule has 0 radical (unpaired) electrons. The van der Waals surface area contributed by atoms with Crippen LogP contribution in [0.15, 0.2) is 42.5 Å². The molecule has 26 heavy (non-hydrogen) atoms. The fraction of sp³-hybridized carbons (Fsp3) is 0.222. The first-order valence-electron chi connectivity index (χ1n) is 7.86. The van der Waals surface area contributed by atoms with Crippen molar-refractivity contribution in [2.24, 2.45) is 0 Å². The molecule has 2 rings (SSSR count). The van der Waals surface area contributed by atoms with Crippen molar-refractivity contribution in [1.29, 1.82) is 0 Å². The van der Waals surface area contributed by atoms with E-state index in [1.165, 1.54) is 26.0 Å². The third-order valence-electron chi connectivity index (χ3n) is 3.46. The lowest BCUT2D eigenvalue weighted by molar-refractivity contribution is -0.386. The number of nitrogens with zero attached hydrogens (tertiary/aromatic N) is 1. The van der Waals surface area contributed by atoms with Crippen LogP contribution >= 0.6 is 0 Å². The number of carbonyl (C=O) groups excluding carboxylic acids is 2. The Labute approximate surface area is 150 Å². The van der Waals surface area contributed by atoms with Crippen LogP contribution in [0.1, 0.15) is 19.4 Å². The molecule has 0 aliphatic carbocycles. The Morgan fingerprint density at radius 3 is 2.19 bits per heavy atom. The van der Waals surface area contributed by atoms with Gasteiger partial charge in [0.25, 0.3) is 5.91 Å². The quantitative estimate of drug-likeness (QED) is 0.609. The van der Waals surface area contributed by atoms with Crippen LogP contribution < -0.4 is 15.4 Å². The van der Waals surface area contributed by atoms with E-state index < -0.39 is 16.9 Å². The van der Waals surface area contributed by atoms with Crippen molar-refractivity contribution in [1.82, 2.24) is 0 Å². The summed E-state index contributed by atoms with van der Waals surface area (Å²) < 4.78 is 5.46. The second-order valence-electron chi connectivity index (χ2n) is 5.74. The lowest BCUT2D eigenvalue weighted by atomic mass is 10.2. The number of amides is 2. The van der Waals surface area contributed by atoms with Crippen molar-refractivity contribution >= 4 is 28.9 Å². The average molecular weight is 357 g/mol. The van der Waals surface area contributed by atoms with Crippen molar-refractivity contribution in [3.63, 3.8) is 0 Å². The first-order valence-corrected chi connectivity index (χ1v) is 7.86. The molecule has 0 heterocycles. The van der Waals surface area contributed by atoms with E-state index in [1.54, 1.807) is 37.3 Å². The molecule has 136 valence electrons. The molecule has 8 nitrogen and oxygen atoms in total. The Bertz CT molecular complexity index is 833. The Morgan fingerprint density at radius 1 is 1.08 bits per heavy atom. The minimum Gasteiger partial charge on any atom is -0.474 e. The van der Waals surface area contributed by atoms with Gasteiger partial charge in [-0.05, 0) is 49.7 Å². The zero-order valence-corrected chi connectivity index (χ0v) is 14.6. The summed E-state index contributed by atoms with van der Waals surface area (Å²) in [4.78, 5) is 33.8. The molecule has 0 fully saturated rings. The van der Waals surface area contributed by atoms with Gasteiger partial charge in [0.05, 0.1) is 4.92 Å². The largest absolute Gasteiger partial charge is 0.474 e. The molecule has 0 saturated carbocycles. The highest BCUT2D eigenvalue weighted by atomic mass is 16.6. The van der Waals surface area contributed by atoms with Gasteiger partial charge < -0.3 is 15.4 Å². The molecule has 8 heteroatoms. The molecule has 0 spiro atoms. The van der Waals surface area contributed by atoms with E-state index in [0.29, 0.717) is 11.4 Å². The van der Waals surface area contributed by atoms with Crippen LogP contribution in [0.4, 0.5) is 17.1 Å². The smallest absolute Gasteiger partial charge is 0.311 e. The standard InChI is InChI=1S/C18H19N3O5/c1-11-4-9-17(16(10-11)21(24)25)26-12(2)18(23)20-15-7-5-14(6-8-15)19-13(3)22/h4-10,12H,1-3H3,(H,19,22)(H,20,23)/t12-/m0/s1. The Hall–Kier alpha value is -3.42. The number of hydrogen-bond acceptors (Lipinski definition) is 5. The zero-order chi connectivity index (χ0) is 19.3. The molecule has 2 N–H and O–H groups in total. The summed E-state index contributed by atoms with van der Waals surface area (Å²) in [7, 11) is 0. The number of hydrogen-bond donors (Lipinski definition) is 2. The average Bonchev–Trinajstić information content (AvgIpc) is 2.57. The highest BCUT2D eigenvalue weighted by Gasteiger charge is 2.21. The number of nitro groups is 1. The topological polar surface area (TPSA) is 111 Å². The van der Waals surface area contributed by atoms with Gasteiger partial charge >= 0.3 is 5.69 Å². The molecular formula is C18H19N3O5. The lowest BCUT2D eigenvalue weighted by Crippen LogP contribution is -2.30. The summed E-state index contributed by atoms with van der Waals surface area (Å²) in [6, 6.07) is 11.1. The van der Waals surface area contributed by atoms with Crippen molar-refractivity contribution < 1.29 is 19.2 Å². The predicted octanol–water partition coefficient (Wildman–Crippen LogP) is 3.27. The highest BCUT2D eigenvalue weighted by Crippen LogP contribution is 2.28. The van der Waals surface area contributed by atoms with E-state index >= 15 is 0 Å². The van der Waals surface area contributed by atoms with Crippen LogP contribution in [0.25, 0.3) is 0 Å². The van der Waals surface area contributed by atoms with E-state index in [0.717, 1.165) is 5.56 Å². The van der Waals surface area contributed by atoms with Gasteiger partial charge in [0.1, 0.15) is 0 Å². The SMILES string of the molecule is CC(=O)Nc1ccc(NC(=O)[C@H](C)Oc2ccc(C)cc2[N+](=O)[O-])cc1. The second-order valence-corrected chi connectivity index (χ2v) is 5.74. The van der Waals surface area contributed by atoms with E-state index in [2.05, 4.69) is 10.6 Å². The number of nitrogens with one attached hydrogen (secondary N) is 2. The summed E-state index contributed by atoms with van der Waals surface area (Å²) >= 11 is 0. The Morgan fingerprint density at radius 2 is 1.65 bits per heavy atom. The molecule has 0 aliphatic rings. The first kappa shape index (κ1) is 18.9. The summed E-state index contributed by atoms with van der Waals surface area (Å²) in [6.07, 6.45) is -0.938. The van der Waals surface area contributed by atoms with Crippen LogP contribution in [0.2, 0.25) is 0 Å². The number of ether oxygens (including phenoxy) is 1. The van der Waals surface area contributed by atoms with Gasteiger partial charge in [-0.25, -0.2) is 0 Å². The highest BCUT2D eigenvalue weighted by molar-refractivity contribution is 5.94. The summed E-state index contributed by atoms with van der Waals surface area (Å²) in [5.41, 5.74) is 1.65. The molecule has 2 amide bonds. The number of carbonyl (C=O) groups is 2. The third kappa shape index (κ3) is 5.04. The summed E-state index contributed by atoms with van der Waals surface area (Å²) in [6.45, 7) is 4.64. The minimum absolute atomic E-state index is 0.0317. The van der Waals surface area contributed by atoms with Crippen molar-refractivity contribution in [2.45, 2.75) is 26.9 Å². The Balaban J connectivity index is 2.04. The lowest BCUT2D eigenvalue weighted by Gasteiger charge is -2.15. The third-order valence-corrected chi connectivity index (χ3v) is 3.46. The van der Waals surface area contributed by atoms with Crippen LogP contribution in [0, 0.1) is 17.0 Å². The molecule has 2 aromatic rings. The number of anilines is 2.